The van der Waals surface area contributed by atoms with E-state index >= 15 is 0 Å². The highest BCUT2D eigenvalue weighted by Gasteiger charge is 2.23. The van der Waals surface area contributed by atoms with E-state index < -0.39 is 0 Å². The van der Waals surface area contributed by atoms with Crippen LogP contribution in [-0.4, -0.2) is 55.4 Å². The zero-order valence-electron chi connectivity index (χ0n) is 10.9. The van der Waals surface area contributed by atoms with Gasteiger partial charge in [0.1, 0.15) is 0 Å². The molecule has 1 saturated heterocycles. The van der Waals surface area contributed by atoms with Gasteiger partial charge >= 0.3 is 0 Å². The number of anilines is 3. The van der Waals surface area contributed by atoms with Crippen molar-refractivity contribution >= 4 is 17.8 Å². The van der Waals surface area contributed by atoms with E-state index in [2.05, 4.69) is 20.4 Å². The highest BCUT2D eigenvalue weighted by molar-refractivity contribution is 5.44. The van der Waals surface area contributed by atoms with Crippen LogP contribution in [0.15, 0.2) is 0 Å². The summed E-state index contributed by atoms with van der Waals surface area (Å²) < 4.78 is 5.37. The molecule has 2 rings (SSSR count). The highest BCUT2D eigenvalue weighted by atomic mass is 16.5. The van der Waals surface area contributed by atoms with Gasteiger partial charge in [0.05, 0.1) is 12.6 Å². The summed E-state index contributed by atoms with van der Waals surface area (Å²) in [6, 6.07) is 0.299. The van der Waals surface area contributed by atoms with Crippen LogP contribution < -0.4 is 21.1 Å². The summed E-state index contributed by atoms with van der Waals surface area (Å²) in [6.07, 6.45) is 0.977. The lowest BCUT2D eigenvalue weighted by molar-refractivity contribution is 0.193. The van der Waals surface area contributed by atoms with Crippen LogP contribution in [0.3, 0.4) is 0 Å². The molecule has 8 nitrogen and oxygen atoms in total. The van der Waals surface area contributed by atoms with Gasteiger partial charge in [0.2, 0.25) is 17.8 Å². The second-order valence-corrected chi connectivity index (χ2v) is 4.43. The largest absolute Gasteiger partial charge is 0.379 e. The van der Waals surface area contributed by atoms with Crippen LogP contribution in [0.5, 0.6) is 0 Å². The number of likely N-dealkylation sites (N-methyl/N-ethyl adjacent to an activating group) is 1. The molecule has 0 aliphatic carbocycles. The van der Waals surface area contributed by atoms with Crippen LogP contribution in [0.1, 0.15) is 6.42 Å². The Morgan fingerprint density at radius 2 is 1.94 bits per heavy atom. The average Bonchev–Trinajstić information content (AvgIpc) is 2.91. The Hall–Kier alpha value is -1.67. The van der Waals surface area contributed by atoms with E-state index in [0.717, 1.165) is 13.0 Å². The Kier molecular flexibility index (Phi) is 3.78. The molecule has 1 unspecified atom stereocenters. The third-order valence-corrected chi connectivity index (χ3v) is 2.91. The third kappa shape index (κ3) is 2.59. The Labute approximate surface area is 106 Å². The fourth-order valence-electron chi connectivity index (χ4n) is 1.77. The summed E-state index contributed by atoms with van der Waals surface area (Å²) in [5.74, 6) is 6.90. The van der Waals surface area contributed by atoms with Crippen LogP contribution in [0, 0.1) is 0 Å². The highest BCUT2D eigenvalue weighted by Crippen LogP contribution is 2.19. The molecule has 1 aromatic heterocycles. The molecule has 3 N–H and O–H groups in total. The van der Waals surface area contributed by atoms with Crippen molar-refractivity contribution in [3.8, 4) is 0 Å². The van der Waals surface area contributed by atoms with Crippen molar-refractivity contribution in [3.63, 3.8) is 0 Å². The number of nitrogens with two attached hydrogens (primary N) is 1. The van der Waals surface area contributed by atoms with E-state index in [0.29, 0.717) is 30.5 Å². The van der Waals surface area contributed by atoms with E-state index in [1.54, 1.807) is 0 Å². The number of nitrogens with one attached hydrogen (secondary N) is 1. The Morgan fingerprint density at radius 1 is 1.22 bits per heavy atom. The van der Waals surface area contributed by atoms with Gasteiger partial charge in [0.15, 0.2) is 0 Å². The topological polar surface area (TPSA) is 92.4 Å². The zero-order valence-corrected chi connectivity index (χ0v) is 10.9. The molecule has 18 heavy (non-hydrogen) atoms. The Balaban J connectivity index is 2.27. The average molecular weight is 253 g/mol. The summed E-state index contributed by atoms with van der Waals surface area (Å²) in [5.41, 5.74) is 2.46. The minimum absolute atomic E-state index is 0.299. The fraction of sp³-hybridized carbons (Fsp3) is 0.700. The molecule has 1 fully saturated rings. The summed E-state index contributed by atoms with van der Waals surface area (Å²) in [6.45, 7) is 1.48. The number of nitrogens with zero attached hydrogens (tertiary/aromatic N) is 5. The standard InChI is InChI=1S/C10H19N7O/c1-16(2)9-12-8(15-11)13-10(14-9)17(3)7-4-5-18-6-7/h7H,4-6,11H2,1-3H3,(H,12,13,14,15). The molecule has 1 atom stereocenters. The van der Waals surface area contributed by atoms with Crippen molar-refractivity contribution in [2.24, 2.45) is 5.84 Å². The Morgan fingerprint density at radius 3 is 2.50 bits per heavy atom. The first kappa shape index (κ1) is 12.8. The van der Waals surface area contributed by atoms with Crippen molar-refractivity contribution in [1.29, 1.82) is 0 Å². The maximum Gasteiger partial charge on any atom is 0.243 e. The van der Waals surface area contributed by atoms with Gasteiger partial charge in [-0.25, -0.2) is 5.84 Å². The summed E-state index contributed by atoms with van der Waals surface area (Å²) in [5, 5.41) is 0. The fourth-order valence-corrected chi connectivity index (χ4v) is 1.77. The predicted octanol–water partition coefficient (Wildman–Crippen LogP) is -0.552. The van der Waals surface area contributed by atoms with Crippen molar-refractivity contribution in [1.82, 2.24) is 15.0 Å². The van der Waals surface area contributed by atoms with E-state index in [-0.39, 0.29) is 0 Å². The normalized spacial score (nSPS) is 18.8. The van der Waals surface area contributed by atoms with Crippen LogP contribution in [0.4, 0.5) is 17.8 Å². The molecular weight excluding hydrogens is 234 g/mol. The number of nitrogen functional groups attached to an aromatic ring is 1. The number of aromatic nitrogens is 3. The second-order valence-electron chi connectivity index (χ2n) is 4.43. The van der Waals surface area contributed by atoms with Crippen LogP contribution in [0.2, 0.25) is 0 Å². The quantitative estimate of drug-likeness (QED) is 0.545. The van der Waals surface area contributed by atoms with E-state index in [9.17, 15) is 0 Å². The smallest absolute Gasteiger partial charge is 0.243 e. The molecule has 0 radical (unpaired) electrons. The maximum atomic E-state index is 5.38. The molecule has 0 saturated carbocycles. The van der Waals surface area contributed by atoms with Gasteiger partial charge in [-0.15, -0.1) is 0 Å². The molecule has 100 valence electrons. The van der Waals surface area contributed by atoms with Crippen LogP contribution in [-0.2, 0) is 4.74 Å². The van der Waals surface area contributed by atoms with Gasteiger partial charge in [0.25, 0.3) is 0 Å². The number of hydrogen-bond donors (Lipinski definition) is 2. The lowest BCUT2D eigenvalue weighted by Gasteiger charge is -2.24. The van der Waals surface area contributed by atoms with E-state index in [1.165, 1.54) is 0 Å². The molecular formula is C10H19N7O. The Bertz CT molecular complexity index is 405. The number of rotatable bonds is 4. The van der Waals surface area contributed by atoms with Crippen molar-refractivity contribution < 1.29 is 4.74 Å². The summed E-state index contributed by atoms with van der Waals surface area (Å²) in [7, 11) is 5.70. The van der Waals surface area contributed by atoms with Gasteiger partial charge in [-0.2, -0.15) is 15.0 Å². The predicted molar refractivity (Wildman–Crippen MR) is 69.6 cm³/mol. The molecule has 1 aliphatic rings. The van der Waals surface area contributed by atoms with Gasteiger partial charge in [0, 0.05) is 27.7 Å². The lowest BCUT2D eigenvalue weighted by Crippen LogP contribution is -2.34. The second kappa shape index (κ2) is 5.32. The lowest BCUT2D eigenvalue weighted by atomic mass is 10.2. The monoisotopic (exact) mass is 253 g/mol. The molecule has 0 aromatic carbocycles. The maximum absolute atomic E-state index is 5.38. The van der Waals surface area contributed by atoms with Crippen LogP contribution >= 0.6 is 0 Å². The van der Waals surface area contributed by atoms with Gasteiger partial charge < -0.3 is 14.5 Å². The number of hydrazine groups is 1. The van der Waals surface area contributed by atoms with Gasteiger partial charge in [-0.1, -0.05) is 0 Å². The molecule has 0 amide bonds. The zero-order chi connectivity index (χ0) is 13.1. The summed E-state index contributed by atoms with van der Waals surface area (Å²) in [4.78, 5) is 16.7. The first-order valence-corrected chi connectivity index (χ1v) is 5.82. The van der Waals surface area contributed by atoms with Crippen molar-refractivity contribution in [2.45, 2.75) is 12.5 Å². The first-order valence-electron chi connectivity index (χ1n) is 5.82. The van der Waals surface area contributed by atoms with Gasteiger partial charge in [-0.3, -0.25) is 5.43 Å². The van der Waals surface area contributed by atoms with Gasteiger partial charge in [-0.05, 0) is 6.42 Å². The van der Waals surface area contributed by atoms with E-state index in [1.807, 2.05) is 30.9 Å². The first-order chi connectivity index (χ1) is 8.61. The van der Waals surface area contributed by atoms with Crippen LogP contribution in [0.25, 0.3) is 0 Å². The van der Waals surface area contributed by atoms with E-state index in [4.69, 9.17) is 10.6 Å². The number of hydrogen-bond acceptors (Lipinski definition) is 8. The molecule has 8 heteroatoms. The molecule has 0 bridgehead atoms. The van der Waals surface area contributed by atoms with Crippen molar-refractivity contribution in [3.05, 3.63) is 0 Å². The minimum Gasteiger partial charge on any atom is -0.379 e. The number of ether oxygens (including phenoxy) is 1. The van der Waals surface area contributed by atoms with Crippen molar-refractivity contribution in [2.75, 3.05) is 49.6 Å². The summed E-state index contributed by atoms with van der Waals surface area (Å²) >= 11 is 0. The molecule has 1 aromatic rings. The minimum atomic E-state index is 0.299. The third-order valence-electron chi connectivity index (χ3n) is 2.91. The molecule has 1 aliphatic heterocycles. The molecule has 0 spiro atoms. The SMILES string of the molecule is CN(C)c1nc(NN)nc(N(C)C2CCOC2)n1. The molecule has 2 heterocycles.